The maximum Gasteiger partial charge on any atom is 0.258 e. The Morgan fingerprint density at radius 2 is 1.87 bits per heavy atom. The van der Waals surface area contributed by atoms with E-state index in [1.165, 1.54) is 0 Å². The molecule has 0 unspecified atom stereocenters. The first-order chi connectivity index (χ1) is 14.4. The van der Waals surface area contributed by atoms with Gasteiger partial charge < -0.3 is 15.4 Å². The summed E-state index contributed by atoms with van der Waals surface area (Å²) in [5, 5.41) is 9.39. The minimum atomic E-state index is -0.351. The molecule has 0 bridgehead atoms. The second-order valence-electron chi connectivity index (χ2n) is 7.00. The molecule has 0 radical (unpaired) electrons. The number of anilines is 1. The number of para-hydroxylation sites is 1. The van der Waals surface area contributed by atoms with Gasteiger partial charge in [0.2, 0.25) is 5.91 Å². The lowest BCUT2D eigenvalue weighted by atomic mass is 10.1. The van der Waals surface area contributed by atoms with Crippen LogP contribution in [0.25, 0.3) is 20.3 Å². The number of hydrogen-bond donors (Lipinski definition) is 2. The van der Waals surface area contributed by atoms with Crippen molar-refractivity contribution in [2.75, 3.05) is 18.5 Å². The summed E-state index contributed by atoms with van der Waals surface area (Å²) < 4.78 is 7.88. The van der Waals surface area contributed by atoms with E-state index in [0.717, 1.165) is 42.1 Å². The molecule has 0 aliphatic heterocycles. The van der Waals surface area contributed by atoms with E-state index in [0.29, 0.717) is 5.75 Å². The van der Waals surface area contributed by atoms with E-state index in [1.54, 1.807) is 22.7 Å². The van der Waals surface area contributed by atoms with Crippen molar-refractivity contribution in [2.45, 2.75) is 20.8 Å². The van der Waals surface area contributed by atoms with E-state index in [9.17, 15) is 9.59 Å². The minimum Gasteiger partial charge on any atom is -0.483 e. The zero-order valence-electron chi connectivity index (χ0n) is 16.9. The van der Waals surface area contributed by atoms with Gasteiger partial charge in [0.25, 0.3) is 5.91 Å². The topological polar surface area (TPSA) is 80.3 Å². The molecule has 2 aromatic heterocycles. The average Bonchev–Trinajstić information content (AvgIpc) is 3.33. The zero-order chi connectivity index (χ0) is 21.3. The van der Waals surface area contributed by atoms with Crippen LogP contribution in [0.15, 0.2) is 35.7 Å². The molecule has 8 heteroatoms. The normalized spacial score (nSPS) is 11.0. The number of nitrogens with zero attached hydrogens (tertiary/aromatic N) is 1. The Morgan fingerprint density at radius 3 is 2.63 bits per heavy atom. The van der Waals surface area contributed by atoms with Crippen molar-refractivity contribution in [3.05, 3.63) is 51.8 Å². The number of thiazole rings is 1. The monoisotopic (exact) mass is 439 g/mol. The fourth-order valence-corrected chi connectivity index (χ4v) is 5.11. The van der Waals surface area contributed by atoms with Gasteiger partial charge in [-0.05, 0) is 43.3 Å². The summed E-state index contributed by atoms with van der Waals surface area (Å²) in [5.41, 5.74) is 3.71. The van der Waals surface area contributed by atoms with Crippen molar-refractivity contribution in [3.8, 4) is 5.75 Å². The number of benzene rings is 2. The van der Waals surface area contributed by atoms with E-state index in [2.05, 4.69) is 15.6 Å². The van der Waals surface area contributed by atoms with Crippen LogP contribution in [0.1, 0.15) is 16.1 Å². The van der Waals surface area contributed by atoms with Crippen molar-refractivity contribution in [3.63, 3.8) is 0 Å². The summed E-state index contributed by atoms with van der Waals surface area (Å²) in [6.45, 7) is 5.56. The highest BCUT2D eigenvalue weighted by molar-refractivity contribution is 7.21. The number of thiophene rings is 1. The van der Waals surface area contributed by atoms with Crippen molar-refractivity contribution in [2.24, 2.45) is 0 Å². The molecule has 0 fully saturated rings. The maximum atomic E-state index is 12.2. The summed E-state index contributed by atoms with van der Waals surface area (Å²) in [5.74, 6) is 0.0238. The number of amides is 2. The number of hydrogen-bond acceptors (Lipinski definition) is 6. The lowest BCUT2D eigenvalue weighted by molar-refractivity contribution is -0.125. The zero-order valence-corrected chi connectivity index (χ0v) is 18.5. The van der Waals surface area contributed by atoms with Crippen LogP contribution < -0.4 is 15.4 Å². The molecule has 0 saturated heterocycles. The molecule has 0 atom stereocenters. The van der Waals surface area contributed by atoms with E-state index >= 15 is 0 Å². The van der Waals surface area contributed by atoms with Crippen molar-refractivity contribution in [1.29, 1.82) is 0 Å². The van der Waals surface area contributed by atoms with Gasteiger partial charge in [-0.25, -0.2) is 4.98 Å². The largest absolute Gasteiger partial charge is 0.483 e. The Balaban J connectivity index is 1.37. The Labute approximate surface area is 181 Å². The molecular formula is C22H21N3O3S2. The fourth-order valence-electron chi connectivity index (χ4n) is 3.27. The van der Waals surface area contributed by atoms with Gasteiger partial charge in [0.15, 0.2) is 6.61 Å². The third-order valence-corrected chi connectivity index (χ3v) is 6.56. The van der Waals surface area contributed by atoms with Gasteiger partial charge >= 0.3 is 0 Å². The van der Waals surface area contributed by atoms with Gasteiger partial charge in [0.05, 0.1) is 26.5 Å². The summed E-state index contributed by atoms with van der Waals surface area (Å²) >= 11 is 3.20. The molecule has 30 heavy (non-hydrogen) atoms. The molecule has 0 aliphatic carbocycles. The second kappa shape index (κ2) is 8.41. The van der Waals surface area contributed by atoms with Gasteiger partial charge in [-0.2, -0.15) is 0 Å². The molecule has 0 saturated carbocycles. The van der Waals surface area contributed by atoms with Crippen LogP contribution in [-0.4, -0.2) is 29.9 Å². The van der Waals surface area contributed by atoms with Crippen molar-refractivity contribution in [1.82, 2.24) is 10.3 Å². The summed E-state index contributed by atoms with van der Waals surface area (Å²) in [4.78, 5) is 29.0. The number of ether oxygens (including phenoxy) is 1. The van der Waals surface area contributed by atoms with Gasteiger partial charge in [-0.3, -0.25) is 9.59 Å². The third kappa shape index (κ3) is 4.15. The number of aryl methyl sites for hydroxylation is 3. The molecule has 2 N–H and O–H groups in total. The van der Waals surface area contributed by atoms with Crippen LogP contribution in [0, 0.1) is 20.8 Å². The predicted molar refractivity (Wildman–Crippen MR) is 123 cm³/mol. The predicted octanol–water partition coefficient (Wildman–Crippen LogP) is 4.57. The fraction of sp³-hybridized carbons (Fsp3) is 0.227. The molecule has 4 rings (SSSR count). The summed E-state index contributed by atoms with van der Waals surface area (Å²) in [6.07, 6.45) is 0. The highest BCUT2D eigenvalue weighted by Gasteiger charge is 2.14. The molecule has 4 aromatic rings. The first kappa shape index (κ1) is 20.3. The van der Waals surface area contributed by atoms with E-state index < -0.39 is 0 Å². The molecule has 2 amide bonds. The molecule has 2 heterocycles. The first-order valence-electron chi connectivity index (χ1n) is 9.45. The Bertz CT molecular complexity index is 1240. The summed E-state index contributed by atoms with van der Waals surface area (Å²) in [7, 11) is 0. The number of nitrogens with one attached hydrogen (secondary N) is 2. The highest BCUT2D eigenvalue weighted by Crippen LogP contribution is 2.38. The van der Waals surface area contributed by atoms with Crippen LogP contribution in [0.3, 0.4) is 0 Å². The maximum absolute atomic E-state index is 12.2. The number of carbonyl (C=O) groups is 2. The number of rotatable bonds is 6. The Kier molecular flexibility index (Phi) is 5.69. The molecular weight excluding hydrogens is 418 g/mol. The van der Waals surface area contributed by atoms with Gasteiger partial charge in [0.1, 0.15) is 5.75 Å². The van der Waals surface area contributed by atoms with Gasteiger partial charge in [0, 0.05) is 17.1 Å². The Hall–Kier alpha value is -2.97. The SMILES string of the molecule is Cc1nc2c(cc(OCC(=O)NCC(=O)Nc3c(C)cccc3C)c3ccsc32)s1. The lowest BCUT2D eigenvalue weighted by Crippen LogP contribution is -2.36. The molecule has 2 aromatic carbocycles. The van der Waals surface area contributed by atoms with Gasteiger partial charge in [-0.15, -0.1) is 22.7 Å². The second-order valence-corrected chi connectivity index (χ2v) is 9.15. The summed E-state index contributed by atoms with van der Waals surface area (Å²) in [6, 6.07) is 9.70. The van der Waals surface area contributed by atoms with E-state index in [1.807, 2.05) is 56.5 Å². The van der Waals surface area contributed by atoms with Gasteiger partial charge in [-0.1, -0.05) is 18.2 Å². The molecule has 6 nitrogen and oxygen atoms in total. The molecule has 0 spiro atoms. The number of fused-ring (bicyclic) bond motifs is 3. The van der Waals surface area contributed by atoms with Crippen LogP contribution in [0.4, 0.5) is 5.69 Å². The molecule has 0 aliphatic rings. The van der Waals surface area contributed by atoms with Crippen molar-refractivity contribution >= 4 is 60.5 Å². The third-order valence-electron chi connectivity index (χ3n) is 4.72. The van der Waals surface area contributed by atoms with Crippen LogP contribution in [-0.2, 0) is 9.59 Å². The Morgan fingerprint density at radius 1 is 1.10 bits per heavy atom. The number of aromatic nitrogens is 1. The lowest BCUT2D eigenvalue weighted by Gasteiger charge is -2.12. The van der Waals surface area contributed by atoms with Crippen LogP contribution in [0.2, 0.25) is 0 Å². The quantitative estimate of drug-likeness (QED) is 0.461. The standard InChI is InChI=1S/C22H21N3O3S2/c1-12-5-4-6-13(2)20(12)25-18(26)10-23-19(27)11-28-16-9-17-21(24-14(3)30-17)22-15(16)7-8-29-22/h4-9H,10-11H2,1-3H3,(H,23,27)(H,25,26). The number of carbonyl (C=O) groups excluding carboxylic acids is 2. The van der Waals surface area contributed by atoms with Crippen LogP contribution in [0.5, 0.6) is 5.75 Å². The smallest absolute Gasteiger partial charge is 0.258 e. The first-order valence-corrected chi connectivity index (χ1v) is 11.1. The van der Waals surface area contributed by atoms with E-state index in [4.69, 9.17) is 4.74 Å². The van der Waals surface area contributed by atoms with Crippen molar-refractivity contribution < 1.29 is 14.3 Å². The van der Waals surface area contributed by atoms with Crippen LogP contribution >= 0.6 is 22.7 Å². The highest BCUT2D eigenvalue weighted by atomic mass is 32.1. The molecule has 154 valence electrons. The average molecular weight is 440 g/mol. The van der Waals surface area contributed by atoms with E-state index in [-0.39, 0.29) is 25.0 Å². The minimum absolute atomic E-state index is 0.114.